The maximum absolute atomic E-state index is 13.5. The molecule has 2 aliphatic heterocycles. The summed E-state index contributed by atoms with van der Waals surface area (Å²) in [5, 5.41) is 2.38. The molecule has 7 nitrogen and oxygen atoms in total. The van der Waals surface area contributed by atoms with Crippen molar-refractivity contribution in [3.8, 4) is 5.75 Å². The Kier molecular flexibility index (Phi) is 4.10. The number of anilines is 2. The van der Waals surface area contributed by atoms with E-state index in [0.717, 1.165) is 21.7 Å². The van der Waals surface area contributed by atoms with Crippen molar-refractivity contribution < 1.29 is 19.1 Å². The van der Waals surface area contributed by atoms with Gasteiger partial charge in [-0.05, 0) is 49.2 Å². The van der Waals surface area contributed by atoms with E-state index in [2.05, 4.69) is 5.32 Å². The zero-order chi connectivity index (χ0) is 20.1. The average Bonchev–Trinajstić information content (AvgIpc) is 2.67. The van der Waals surface area contributed by atoms with E-state index in [4.69, 9.17) is 4.74 Å². The van der Waals surface area contributed by atoms with Gasteiger partial charge in [-0.2, -0.15) is 0 Å². The van der Waals surface area contributed by atoms with Crippen LogP contribution in [0.4, 0.5) is 16.2 Å². The molecule has 2 aromatic rings. The number of hydrogen-bond donors (Lipinski definition) is 1. The molecule has 0 saturated carbocycles. The highest BCUT2D eigenvalue weighted by Gasteiger charge is 2.56. The number of carbonyl (C=O) groups excluding carboxylic acids is 3. The second kappa shape index (κ2) is 6.37. The molecule has 0 radical (unpaired) electrons. The second-order valence-electron chi connectivity index (χ2n) is 7.34. The van der Waals surface area contributed by atoms with Crippen LogP contribution in [-0.2, 0) is 16.0 Å². The predicted molar refractivity (Wildman–Crippen MR) is 105 cm³/mol. The van der Waals surface area contributed by atoms with Crippen molar-refractivity contribution >= 4 is 29.2 Å². The minimum absolute atomic E-state index is 0.187. The molecule has 7 heteroatoms. The lowest BCUT2D eigenvalue weighted by Gasteiger charge is -2.45. The van der Waals surface area contributed by atoms with E-state index in [1.807, 2.05) is 49.2 Å². The molecule has 0 aromatic heterocycles. The zero-order valence-corrected chi connectivity index (χ0v) is 16.0. The first-order valence-corrected chi connectivity index (χ1v) is 9.00. The van der Waals surface area contributed by atoms with Crippen LogP contribution in [0.15, 0.2) is 42.5 Å². The molecule has 2 aromatic carbocycles. The normalized spacial score (nSPS) is 21.6. The van der Waals surface area contributed by atoms with Crippen molar-refractivity contribution in [1.29, 1.82) is 0 Å². The number of barbiturate groups is 1. The van der Waals surface area contributed by atoms with E-state index >= 15 is 0 Å². The quantitative estimate of drug-likeness (QED) is 0.810. The monoisotopic (exact) mass is 379 g/mol. The molecule has 1 N–H and O–H groups in total. The summed E-state index contributed by atoms with van der Waals surface area (Å²) in [7, 11) is 3.40. The SMILES string of the molecule is COc1ccc2c(c1)C[C@]1(CN2C)C(=O)NC(=O)N(c2ccc(C)cc2)C1=O. The minimum Gasteiger partial charge on any atom is -0.497 e. The van der Waals surface area contributed by atoms with Gasteiger partial charge in [0.25, 0.3) is 5.91 Å². The maximum Gasteiger partial charge on any atom is 0.335 e. The van der Waals surface area contributed by atoms with Crippen LogP contribution in [-0.4, -0.2) is 38.5 Å². The maximum atomic E-state index is 13.5. The van der Waals surface area contributed by atoms with Crippen LogP contribution in [0.1, 0.15) is 11.1 Å². The first-order valence-electron chi connectivity index (χ1n) is 9.00. The molecule has 1 saturated heterocycles. The highest BCUT2D eigenvalue weighted by atomic mass is 16.5. The van der Waals surface area contributed by atoms with Gasteiger partial charge in [-0.3, -0.25) is 14.9 Å². The number of urea groups is 1. The summed E-state index contributed by atoms with van der Waals surface area (Å²) in [5.74, 6) is -0.420. The number of fused-ring (bicyclic) bond motifs is 1. The summed E-state index contributed by atoms with van der Waals surface area (Å²) in [5.41, 5.74) is 1.84. The summed E-state index contributed by atoms with van der Waals surface area (Å²) in [4.78, 5) is 41.8. The molecule has 144 valence electrons. The second-order valence-corrected chi connectivity index (χ2v) is 7.34. The van der Waals surface area contributed by atoms with Gasteiger partial charge in [0.1, 0.15) is 5.75 Å². The smallest absolute Gasteiger partial charge is 0.335 e. The fourth-order valence-corrected chi connectivity index (χ4v) is 3.97. The lowest BCUT2D eigenvalue weighted by molar-refractivity contribution is -0.142. The van der Waals surface area contributed by atoms with E-state index in [-0.39, 0.29) is 13.0 Å². The van der Waals surface area contributed by atoms with Gasteiger partial charge in [0.15, 0.2) is 5.41 Å². The third-order valence-corrected chi connectivity index (χ3v) is 5.46. The highest BCUT2D eigenvalue weighted by molar-refractivity contribution is 6.30. The Labute approximate surface area is 162 Å². The van der Waals surface area contributed by atoms with Crippen molar-refractivity contribution in [1.82, 2.24) is 5.32 Å². The summed E-state index contributed by atoms with van der Waals surface area (Å²) < 4.78 is 5.30. The predicted octanol–water partition coefficient (Wildman–Crippen LogP) is 2.27. The van der Waals surface area contributed by atoms with Crippen molar-refractivity contribution in [2.45, 2.75) is 13.3 Å². The summed E-state index contributed by atoms with van der Waals surface area (Å²) >= 11 is 0. The van der Waals surface area contributed by atoms with Crippen molar-refractivity contribution in [2.24, 2.45) is 5.41 Å². The Balaban J connectivity index is 1.79. The van der Waals surface area contributed by atoms with Crippen LogP contribution >= 0.6 is 0 Å². The fraction of sp³-hybridized carbons (Fsp3) is 0.286. The van der Waals surface area contributed by atoms with Crippen LogP contribution in [0.3, 0.4) is 0 Å². The molecule has 1 spiro atoms. The largest absolute Gasteiger partial charge is 0.497 e. The van der Waals surface area contributed by atoms with Crippen LogP contribution in [0, 0.1) is 12.3 Å². The van der Waals surface area contributed by atoms with Gasteiger partial charge in [0.05, 0.1) is 12.8 Å². The van der Waals surface area contributed by atoms with Crippen molar-refractivity contribution in [2.75, 3.05) is 30.5 Å². The van der Waals surface area contributed by atoms with Gasteiger partial charge in [-0.1, -0.05) is 17.7 Å². The number of imide groups is 2. The third kappa shape index (κ3) is 2.62. The summed E-state index contributed by atoms with van der Waals surface area (Å²) in [6.45, 7) is 2.11. The van der Waals surface area contributed by atoms with Gasteiger partial charge >= 0.3 is 6.03 Å². The van der Waals surface area contributed by atoms with Crippen molar-refractivity contribution in [3.05, 3.63) is 53.6 Å². The van der Waals surface area contributed by atoms with Crippen LogP contribution in [0.25, 0.3) is 0 Å². The number of amides is 4. The molecule has 1 atom stereocenters. The number of nitrogens with one attached hydrogen (secondary N) is 1. The van der Waals surface area contributed by atoms with Crippen molar-refractivity contribution in [3.63, 3.8) is 0 Å². The molecule has 2 aliphatic rings. The lowest BCUT2D eigenvalue weighted by Crippen LogP contribution is -2.68. The Morgan fingerprint density at radius 3 is 2.46 bits per heavy atom. The van der Waals surface area contributed by atoms with Gasteiger partial charge in [-0.15, -0.1) is 0 Å². The number of methoxy groups -OCH3 is 1. The molecular formula is C21H21N3O4. The Hall–Kier alpha value is -3.35. The standard InChI is InChI=1S/C21H21N3O4/c1-13-4-6-15(7-5-13)24-19(26)21(18(25)22-20(24)27)11-14-10-16(28-3)8-9-17(14)23(2)12-21/h4-10H,11-12H2,1-3H3,(H,22,25,27)/t21-/m0/s1. The molecule has 1 fully saturated rings. The summed E-state index contributed by atoms with van der Waals surface area (Å²) in [6, 6.07) is 11.9. The minimum atomic E-state index is -1.38. The number of nitrogens with zero attached hydrogens (tertiary/aromatic N) is 2. The highest BCUT2D eigenvalue weighted by Crippen LogP contribution is 2.41. The fourth-order valence-electron chi connectivity index (χ4n) is 3.97. The topological polar surface area (TPSA) is 79.0 Å². The Morgan fingerprint density at radius 2 is 1.79 bits per heavy atom. The molecule has 0 bridgehead atoms. The zero-order valence-electron chi connectivity index (χ0n) is 16.0. The van der Waals surface area contributed by atoms with E-state index < -0.39 is 23.3 Å². The molecule has 4 amide bonds. The number of aryl methyl sites for hydroxylation is 1. The van der Waals surface area contributed by atoms with E-state index in [9.17, 15) is 14.4 Å². The molecule has 0 unspecified atom stereocenters. The van der Waals surface area contributed by atoms with Gasteiger partial charge in [-0.25, -0.2) is 9.69 Å². The van der Waals surface area contributed by atoms with Gasteiger partial charge < -0.3 is 9.64 Å². The van der Waals surface area contributed by atoms with E-state index in [1.54, 1.807) is 19.2 Å². The average molecular weight is 379 g/mol. The molecule has 4 rings (SSSR count). The number of benzene rings is 2. The molecule has 28 heavy (non-hydrogen) atoms. The van der Waals surface area contributed by atoms with Crippen LogP contribution in [0.5, 0.6) is 5.75 Å². The first kappa shape index (κ1) is 18.0. The molecular weight excluding hydrogens is 358 g/mol. The summed E-state index contributed by atoms with van der Waals surface area (Å²) in [6.07, 6.45) is 0.199. The number of rotatable bonds is 2. The lowest BCUT2D eigenvalue weighted by atomic mass is 9.74. The van der Waals surface area contributed by atoms with Crippen LogP contribution in [0.2, 0.25) is 0 Å². The van der Waals surface area contributed by atoms with Crippen LogP contribution < -0.4 is 19.9 Å². The number of carbonyl (C=O) groups is 3. The molecule has 0 aliphatic carbocycles. The first-order chi connectivity index (χ1) is 13.4. The van der Waals surface area contributed by atoms with Gasteiger partial charge in [0.2, 0.25) is 5.91 Å². The molecule has 2 heterocycles. The third-order valence-electron chi connectivity index (χ3n) is 5.46. The Bertz CT molecular complexity index is 986. The Morgan fingerprint density at radius 1 is 1.07 bits per heavy atom. The number of ether oxygens (including phenoxy) is 1. The van der Waals surface area contributed by atoms with Gasteiger partial charge in [0, 0.05) is 19.3 Å². The van der Waals surface area contributed by atoms with E-state index in [0.29, 0.717) is 11.4 Å². The van der Waals surface area contributed by atoms with E-state index in [1.165, 1.54) is 0 Å². The number of hydrogen-bond acceptors (Lipinski definition) is 5.